The number of dihydropyridines is 1. The zero-order valence-electron chi connectivity index (χ0n) is 13.9. The minimum Gasteiger partial charge on any atom is -0.293 e. The molecule has 3 heterocycles. The first-order valence-electron chi connectivity index (χ1n) is 7.49. The van der Waals surface area contributed by atoms with Gasteiger partial charge in [0.2, 0.25) is 0 Å². The quantitative estimate of drug-likeness (QED) is 0.721. The molecule has 0 saturated heterocycles. The van der Waals surface area contributed by atoms with Crippen LogP contribution in [0.3, 0.4) is 0 Å². The third-order valence-electron chi connectivity index (χ3n) is 3.29. The average Bonchev–Trinajstić information content (AvgIpc) is 2.53. The maximum absolute atomic E-state index is 4.11. The number of pyridine rings is 2. The summed E-state index contributed by atoms with van der Waals surface area (Å²) in [6.07, 6.45) is 11.1. The van der Waals surface area contributed by atoms with Gasteiger partial charge in [-0.2, -0.15) is 0 Å². The fraction of sp³-hybridized carbons (Fsp3) is 0.316. The van der Waals surface area contributed by atoms with E-state index < -0.39 is 0 Å². The maximum atomic E-state index is 4.11. The Bertz CT molecular complexity index is 537. The molecular formula is C19H25N3. The van der Waals surface area contributed by atoms with Crippen LogP contribution >= 0.6 is 0 Å². The Kier molecular flexibility index (Phi) is 8.43. The van der Waals surface area contributed by atoms with E-state index in [9.17, 15) is 0 Å². The third-order valence-corrected chi connectivity index (χ3v) is 3.29. The Hall–Kier alpha value is -2.29. The molecule has 1 aliphatic rings. The van der Waals surface area contributed by atoms with E-state index in [-0.39, 0.29) is 0 Å². The lowest BCUT2D eigenvalue weighted by atomic mass is 10.0. The molecule has 0 radical (unpaired) electrons. The Labute approximate surface area is 133 Å². The number of allylic oxidation sites excluding steroid dienone is 1. The van der Waals surface area contributed by atoms with Crippen LogP contribution in [-0.2, 0) is 0 Å². The van der Waals surface area contributed by atoms with E-state index in [2.05, 4.69) is 34.9 Å². The Morgan fingerprint density at radius 2 is 1.27 bits per heavy atom. The van der Waals surface area contributed by atoms with Gasteiger partial charge in [0.1, 0.15) is 0 Å². The van der Waals surface area contributed by atoms with Crippen LogP contribution in [0.25, 0.3) is 0 Å². The normalized spacial score (nSPS) is 15.6. The van der Waals surface area contributed by atoms with Crippen LogP contribution in [-0.4, -0.2) is 22.7 Å². The molecule has 3 rings (SSSR count). The number of rotatable bonds is 0. The van der Waals surface area contributed by atoms with Gasteiger partial charge < -0.3 is 0 Å². The molecule has 2 aromatic heterocycles. The summed E-state index contributed by atoms with van der Waals surface area (Å²) in [5.74, 6) is 0.667. The van der Waals surface area contributed by atoms with Gasteiger partial charge in [0, 0.05) is 37.5 Å². The molecule has 0 aromatic carbocycles. The lowest BCUT2D eigenvalue weighted by Gasteiger charge is -2.10. The van der Waals surface area contributed by atoms with Crippen molar-refractivity contribution in [3.05, 3.63) is 71.8 Å². The van der Waals surface area contributed by atoms with Crippen molar-refractivity contribution in [3.63, 3.8) is 0 Å². The van der Waals surface area contributed by atoms with Crippen LogP contribution in [0.2, 0.25) is 0 Å². The fourth-order valence-corrected chi connectivity index (χ4v) is 1.55. The van der Waals surface area contributed by atoms with Crippen molar-refractivity contribution < 1.29 is 0 Å². The van der Waals surface area contributed by atoms with E-state index in [0.29, 0.717) is 5.92 Å². The number of hydrogen-bond donors (Lipinski definition) is 0. The summed E-state index contributed by atoms with van der Waals surface area (Å²) >= 11 is 0. The van der Waals surface area contributed by atoms with E-state index in [1.165, 1.54) is 16.7 Å². The van der Waals surface area contributed by atoms with Crippen molar-refractivity contribution in [1.82, 2.24) is 9.97 Å². The predicted molar refractivity (Wildman–Crippen MR) is 94.2 cm³/mol. The van der Waals surface area contributed by atoms with Gasteiger partial charge in [0.05, 0.1) is 0 Å². The number of aromatic nitrogens is 2. The van der Waals surface area contributed by atoms with Gasteiger partial charge in [-0.05, 0) is 68.2 Å². The molecule has 0 N–H and O–H groups in total. The molecule has 1 aliphatic heterocycles. The van der Waals surface area contributed by atoms with E-state index in [1.807, 2.05) is 44.3 Å². The van der Waals surface area contributed by atoms with Gasteiger partial charge in [-0.15, -0.1) is 0 Å². The lowest BCUT2D eigenvalue weighted by molar-refractivity contribution is 0.690. The average molecular weight is 295 g/mol. The Morgan fingerprint density at radius 3 is 1.50 bits per heavy atom. The number of hydrogen-bond acceptors (Lipinski definition) is 3. The van der Waals surface area contributed by atoms with Crippen molar-refractivity contribution in [3.8, 4) is 0 Å². The van der Waals surface area contributed by atoms with Gasteiger partial charge >= 0.3 is 0 Å². The molecule has 1 atom stereocenters. The summed E-state index contributed by atoms with van der Waals surface area (Å²) in [6, 6.07) is 7.89. The highest BCUT2D eigenvalue weighted by Crippen LogP contribution is 2.11. The maximum Gasteiger partial charge on any atom is 0.0452 e. The smallest absolute Gasteiger partial charge is 0.0452 e. The van der Waals surface area contributed by atoms with Gasteiger partial charge in [0.25, 0.3) is 0 Å². The first-order valence-corrected chi connectivity index (χ1v) is 7.49. The number of nitrogens with zero attached hydrogens (tertiary/aromatic N) is 3. The second kappa shape index (κ2) is 10.4. The van der Waals surface area contributed by atoms with Gasteiger partial charge in [-0.25, -0.2) is 0 Å². The fourth-order valence-electron chi connectivity index (χ4n) is 1.55. The van der Waals surface area contributed by atoms with E-state index in [4.69, 9.17) is 0 Å². The Morgan fingerprint density at radius 1 is 0.818 bits per heavy atom. The van der Waals surface area contributed by atoms with E-state index in [0.717, 1.165) is 6.54 Å². The SMILES string of the molecule is CC1=CC=NCC1C.Cc1ccncc1.Cc1ccncc1. The van der Waals surface area contributed by atoms with Crippen molar-refractivity contribution in [2.24, 2.45) is 10.9 Å². The summed E-state index contributed by atoms with van der Waals surface area (Å²) in [7, 11) is 0. The first-order chi connectivity index (χ1) is 10.6. The van der Waals surface area contributed by atoms with Gasteiger partial charge in [-0.3, -0.25) is 15.0 Å². The summed E-state index contributed by atoms with van der Waals surface area (Å²) in [5, 5.41) is 0. The summed E-state index contributed by atoms with van der Waals surface area (Å²) in [4.78, 5) is 11.8. The third kappa shape index (κ3) is 8.10. The molecule has 2 aromatic rings. The summed E-state index contributed by atoms with van der Waals surface area (Å²) < 4.78 is 0. The van der Waals surface area contributed by atoms with Crippen molar-refractivity contribution in [2.75, 3.05) is 6.54 Å². The standard InChI is InChI=1S/C7H11N.2C6H7N/c1-6-3-4-8-5-7(6)2;2*1-6-2-4-7-5-3-6/h3-4,7H,5H2,1-2H3;2*2-5H,1H3. The zero-order chi connectivity index (χ0) is 16.2. The minimum atomic E-state index is 0.667. The number of aryl methyl sites for hydroxylation is 2. The molecule has 116 valence electrons. The molecule has 0 fully saturated rings. The monoisotopic (exact) mass is 295 g/mol. The summed E-state index contributed by atoms with van der Waals surface area (Å²) in [6.45, 7) is 9.41. The zero-order valence-corrected chi connectivity index (χ0v) is 13.9. The van der Waals surface area contributed by atoms with Crippen LogP contribution in [0.15, 0.2) is 65.7 Å². The van der Waals surface area contributed by atoms with Crippen molar-refractivity contribution in [1.29, 1.82) is 0 Å². The molecule has 0 saturated carbocycles. The first kappa shape index (κ1) is 17.8. The van der Waals surface area contributed by atoms with Crippen molar-refractivity contribution in [2.45, 2.75) is 27.7 Å². The van der Waals surface area contributed by atoms with Crippen LogP contribution in [0.1, 0.15) is 25.0 Å². The molecule has 0 aliphatic carbocycles. The second-order valence-electron chi connectivity index (χ2n) is 5.38. The number of aliphatic imine (C=N–C) groups is 1. The topological polar surface area (TPSA) is 38.1 Å². The van der Waals surface area contributed by atoms with Crippen LogP contribution < -0.4 is 0 Å². The molecule has 1 unspecified atom stereocenters. The van der Waals surface area contributed by atoms with Crippen LogP contribution in [0, 0.1) is 19.8 Å². The lowest BCUT2D eigenvalue weighted by Crippen LogP contribution is -2.04. The molecule has 22 heavy (non-hydrogen) atoms. The van der Waals surface area contributed by atoms with Crippen LogP contribution in [0.5, 0.6) is 0 Å². The van der Waals surface area contributed by atoms with Gasteiger partial charge in [0.15, 0.2) is 0 Å². The largest absolute Gasteiger partial charge is 0.293 e. The summed E-state index contributed by atoms with van der Waals surface area (Å²) in [5.41, 5.74) is 3.96. The second-order valence-corrected chi connectivity index (χ2v) is 5.38. The van der Waals surface area contributed by atoms with E-state index in [1.54, 1.807) is 24.8 Å². The highest BCUT2D eigenvalue weighted by atomic mass is 14.7. The van der Waals surface area contributed by atoms with E-state index >= 15 is 0 Å². The molecular weight excluding hydrogens is 270 g/mol. The van der Waals surface area contributed by atoms with Crippen LogP contribution in [0.4, 0.5) is 0 Å². The van der Waals surface area contributed by atoms with Gasteiger partial charge in [-0.1, -0.05) is 12.5 Å². The minimum absolute atomic E-state index is 0.667. The highest BCUT2D eigenvalue weighted by Gasteiger charge is 2.03. The molecule has 3 nitrogen and oxygen atoms in total. The van der Waals surface area contributed by atoms with Crippen molar-refractivity contribution >= 4 is 6.21 Å². The highest BCUT2D eigenvalue weighted by molar-refractivity contribution is 5.73. The predicted octanol–water partition coefficient (Wildman–Crippen LogP) is 4.43. The molecule has 0 spiro atoms. The molecule has 0 bridgehead atoms. The molecule has 0 amide bonds. The Balaban J connectivity index is 0.000000166. The molecule has 3 heteroatoms.